The lowest BCUT2D eigenvalue weighted by molar-refractivity contribution is -0.144. The molecule has 66 heavy (non-hydrogen) atoms. The molecule has 0 saturated heterocycles. The quantitative estimate of drug-likeness (QED) is 0.0203. The van der Waals surface area contributed by atoms with Crippen molar-refractivity contribution in [2.45, 2.75) is 6.42 Å². The van der Waals surface area contributed by atoms with Gasteiger partial charge >= 0.3 is 29.8 Å². The Balaban J connectivity index is -0.00000125. The van der Waals surface area contributed by atoms with Crippen LogP contribution in [0.4, 0.5) is 0 Å². The topological polar surface area (TPSA) is 371 Å². The third kappa shape index (κ3) is 52.6. The molecule has 0 radical (unpaired) electrons. The number of nitrogens with two attached hydrogens (primary N) is 1. The van der Waals surface area contributed by atoms with Gasteiger partial charge in [-0.05, 0) is 13.5 Å². The third-order valence-corrected chi connectivity index (χ3v) is 8.27. The zero-order chi connectivity index (χ0) is 50.1. The lowest BCUT2D eigenvalue weighted by Gasteiger charge is -2.23. The van der Waals surface area contributed by atoms with Crippen LogP contribution < -0.4 is 11.1 Å². The molecule has 0 aliphatic carbocycles. The Hall–Kier alpha value is -4.07. The van der Waals surface area contributed by atoms with Crippen LogP contribution in [0.2, 0.25) is 0 Å². The van der Waals surface area contributed by atoms with E-state index in [0.29, 0.717) is 98.7 Å². The number of nitrogens with one attached hydrogen (secondary N) is 1. The number of nitrogens with zero attached hydrogens (tertiary/aromatic N) is 5. The number of carboxylic acids is 5. The highest BCUT2D eigenvalue weighted by atomic mass is 16.5. The summed E-state index contributed by atoms with van der Waals surface area (Å²) in [5.41, 5.74) is 4.17. The minimum absolute atomic E-state index is 0.0545. The summed E-state index contributed by atoms with van der Waals surface area (Å²) in [6, 6.07) is 0. The number of aliphatic hydroxyl groups excluding tert-OH is 2. The SMILES string of the molecule is CNCCOCCN(CCOCCCN(CCOCCO)CCOCCN(CC(=O)O)CC(=O)O)CC(=O)O.NC=O.O=CCN(CCOCCO)CCOCCN(CC(=O)O)CC(=O)O. The highest BCUT2D eigenvalue weighted by molar-refractivity contribution is 5.73. The largest absolute Gasteiger partial charge is 0.480 e. The van der Waals surface area contributed by atoms with Gasteiger partial charge in [-0.15, -0.1) is 0 Å². The van der Waals surface area contributed by atoms with Crippen LogP contribution in [0, 0.1) is 0 Å². The number of aliphatic hydroxyl groups is 2. The fourth-order valence-electron chi connectivity index (χ4n) is 5.24. The molecule has 0 saturated carbocycles. The molecule has 0 unspecified atom stereocenters. The predicted molar refractivity (Wildman–Crippen MR) is 234 cm³/mol. The van der Waals surface area contributed by atoms with E-state index in [2.05, 4.69) is 16.0 Å². The molecule has 0 atom stereocenters. The summed E-state index contributed by atoms with van der Waals surface area (Å²) in [6.45, 7) is 7.88. The van der Waals surface area contributed by atoms with Crippen molar-refractivity contribution < 1.29 is 97.7 Å². The number of carboxylic acid groups (broad SMARTS) is 5. The van der Waals surface area contributed by atoms with Crippen molar-refractivity contribution in [3.8, 4) is 0 Å². The molecule has 0 heterocycles. The highest BCUT2D eigenvalue weighted by Gasteiger charge is 2.15. The standard InChI is InChI=1S/C24H48N4O11.C14H26N2O8.CH3NO/c1-25-3-12-37-16-8-27(19-22(30)31)7-15-36-11-2-4-26(6-14-39-18-10-29)5-13-38-17-9-28(20-23(32)33)21-24(34)35;17-5-1-15(3-8-24-10-6-18)2-7-23-9-4-16(11-13(19)20)12-14(21)22;2-1-3/h25,29H,2-21H2,1H3,(H,30,31)(H,32,33)(H,34,35);5,18H,1-4,6-12H2,(H,19,20)(H,21,22);1H,(H2,2,3). The summed E-state index contributed by atoms with van der Waals surface area (Å²) in [4.78, 5) is 81.6. The first kappa shape index (κ1) is 66.2. The van der Waals surface area contributed by atoms with Gasteiger partial charge in [-0.25, -0.2) is 0 Å². The van der Waals surface area contributed by atoms with Crippen LogP contribution in [0.1, 0.15) is 6.42 Å². The van der Waals surface area contributed by atoms with E-state index in [1.54, 1.807) is 4.90 Å². The van der Waals surface area contributed by atoms with Gasteiger partial charge in [0.05, 0.1) is 125 Å². The number of hydrogen-bond acceptors (Lipinski definition) is 21. The second-order valence-corrected chi connectivity index (χ2v) is 13.7. The molecule has 1 amide bonds. The van der Waals surface area contributed by atoms with Crippen LogP contribution >= 0.6 is 0 Å². The van der Waals surface area contributed by atoms with Crippen molar-refractivity contribution in [2.75, 3.05) is 204 Å². The summed E-state index contributed by atoms with van der Waals surface area (Å²) in [5.74, 6) is -5.30. The number of likely N-dealkylation sites (N-methyl/N-ethyl adjacent to an activating group) is 1. The lowest BCUT2D eigenvalue weighted by atomic mass is 10.3. The number of aldehydes is 1. The molecule has 0 aromatic carbocycles. The monoisotopic (exact) mass is 964 g/mol. The number of ether oxygens (including phenoxy) is 6. The van der Waals surface area contributed by atoms with Gasteiger partial charge in [0.15, 0.2) is 0 Å². The molecule has 27 nitrogen and oxygen atoms in total. The van der Waals surface area contributed by atoms with Crippen LogP contribution in [0.15, 0.2) is 0 Å². The average molecular weight is 964 g/mol. The minimum Gasteiger partial charge on any atom is -0.480 e. The summed E-state index contributed by atoms with van der Waals surface area (Å²) < 4.78 is 32.6. The van der Waals surface area contributed by atoms with Gasteiger partial charge in [0.25, 0.3) is 0 Å². The molecule has 10 N–H and O–H groups in total. The van der Waals surface area contributed by atoms with Crippen LogP contribution in [-0.4, -0.2) is 307 Å². The first-order chi connectivity index (χ1) is 31.7. The van der Waals surface area contributed by atoms with E-state index in [0.717, 1.165) is 19.3 Å². The van der Waals surface area contributed by atoms with Crippen molar-refractivity contribution in [1.82, 2.24) is 29.8 Å². The van der Waals surface area contributed by atoms with E-state index in [1.165, 1.54) is 9.80 Å². The van der Waals surface area contributed by atoms with E-state index in [4.69, 9.17) is 69.0 Å². The molecular weight excluding hydrogens is 886 g/mol. The molecule has 0 spiro atoms. The number of carbonyl (C=O) groups excluding carboxylic acids is 2. The van der Waals surface area contributed by atoms with Gasteiger partial charge in [0.1, 0.15) is 6.29 Å². The van der Waals surface area contributed by atoms with E-state index in [1.807, 2.05) is 11.9 Å². The maximum atomic E-state index is 11.1. The Morgan fingerprint density at radius 1 is 0.439 bits per heavy atom. The molecule has 0 aromatic heterocycles. The number of hydrogen-bond donors (Lipinski definition) is 9. The van der Waals surface area contributed by atoms with E-state index < -0.39 is 29.8 Å². The molecule has 0 fully saturated rings. The first-order valence-electron chi connectivity index (χ1n) is 21.3. The zero-order valence-electron chi connectivity index (χ0n) is 38.3. The molecule has 388 valence electrons. The van der Waals surface area contributed by atoms with Crippen LogP contribution in [0.3, 0.4) is 0 Å². The van der Waals surface area contributed by atoms with E-state index in [-0.39, 0.29) is 98.4 Å². The van der Waals surface area contributed by atoms with Crippen LogP contribution in [-0.2, 0) is 62.0 Å². The smallest absolute Gasteiger partial charge is 0.317 e. The maximum absolute atomic E-state index is 11.1. The lowest BCUT2D eigenvalue weighted by Crippen LogP contribution is -2.37. The summed E-state index contributed by atoms with van der Waals surface area (Å²) in [5, 5.41) is 64.8. The highest BCUT2D eigenvalue weighted by Crippen LogP contribution is 1.98. The second kappa shape index (κ2) is 50.3. The molecule has 0 aromatic rings. The zero-order valence-corrected chi connectivity index (χ0v) is 38.3. The van der Waals surface area contributed by atoms with Gasteiger partial charge in [-0.1, -0.05) is 0 Å². The van der Waals surface area contributed by atoms with Gasteiger partial charge in [-0.3, -0.25) is 53.3 Å². The fraction of sp³-hybridized carbons (Fsp3) is 0.821. The molecule has 27 heteroatoms. The first-order valence-corrected chi connectivity index (χ1v) is 21.3. The fourth-order valence-corrected chi connectivity index (χ4v) is 5.24. The predicted octanol–water partition coefficient (Wildman–Crippen LogP) is -5.10. The Kier molecular flexibility index (Phi) is 50.5. The van der Waals surface area contributed by atoms with Crippen molar-refractivity contribution in [3.05, 3.63) is 0 Å². The number of primary amides is 1. The minimum atomic E-state index is -1.10. The summed E-state index contributed by atoms with van der Waals surface area (Å²) >= 11 is 0. The number of amides is 1. The second-order valence-electron chi connectivity index (χ2n) is 13.7. The Morgan fingerprint density at radius 3 is 1.06 bits per heavy atom. The summed E-state index contributed by atoms with van der Waals surface area (Å²) in [6.07, 6.45) is 1.75. The average Bonchev–Trinajstić information content (AvgIpc) is 3.23. The van der Waals surface area contributed by atoms with Crippen LogP contribution in [0.25, 0.3) is 0 Å². The van der Waals surface area contributed by atoms with E-state index >= 15 is 0 Å². The van der Waals surface area contributed by atoms with Gasteiger partial charge in [-0.2, -0.15) is 0 Å². The van der Waals surface area contributed by atoms with Crippen molar-refractivity contribution >= 4 is 42.5 Å². The van der Waals surface area contributed by atoms with Crippen molar-refractivity contribution in [2.24, 2.45) is 5.73 Å². The van der Waals surface area contributed by atoms with E-state index in [9.17, 15) is 28.8 Å². The number of rotatable bonds is 47. The summed E-state index contributed by atoms with van der Waals surface area (Å²) in [7, 11) is 1.84. The molecular formula is C39H77N7O20. The van der Waals surface area contributed by atoms with Gasteiger partial charge in [0.2, 0.25) is 6.41 Å². The molecule has 0 aliphatic heterocycles. The molecule has 0 aliphatic rings. The van der Waals surface area contributed by atoms with Gasteiger partial charge < -0.3 is 80.0 Å². The van der Waals surface area contributed by atoms with Gasteiger partial charge in [0, 0.05) is 72.1 Å². The third-order valence-electron chi connectivity index (χ3n) is 8.27. The Labute approximate surface area is 386 Å². The molecule has 0 rings (SSSR count). The Bertz CT molecular complexity index is 1180. The Morgan fingerprint density at radius 2 is 0.727 bits per heavy atom. The maximum Gasteiger partial charge on any atom is 0.317 e. The molecule has 0 bridgehead atoms. The van der Waals surface area contributed by atoms with Crippen molar-refractivity contribution in [1.29, 1.82) is 0 Å². The number of carbonyl (C=O) groups is 7. The van der Waals surface area contributed by atoms with Crippen LogP contribution in [0.5, 0.6) is 0 Å². The normalized spacial score (nSPS) is 11.1. The van der Waals surface area contributed by atoms with Crippen molar-refractivity contribution in [3.63, 3.8) is 0 Å². The number of aliphatic carboxylic acids is 5.